The molecule has 2 amide bonds. The van der Waals surface area contributed by atoms with Gasteiger partial charge >= 0.3 is 0 Å². The average molecular weight is 437 g/mol. The smallest absolute Gasteiger partial charge is 0.247 e. The van der Waals surface area contributed by atoms with E-state index >= 15 is 0 Å². The zero-order chi connectivity index (χ0) is 21.2. The van der Waals surface area contributed by atoms with Gasteiger partial charge in [0.2, 0.25) is 11.8 Å². The van der Waals surface area contributed by atoms with Crippen LogP contribution in [0, 0.1) is 0 Å². The Labute approximate surface area is 185 Å². The number of hydrogen-bond acceptors (Lipinski definition) is 5. The highest BCUT2D eigenvalue weighted by molar-refractivity contribution is 7.99. The van der Waals surface area contributed by atoms with E-state index in [4.69, 9.17) is 9.72 Å². The average Bonchev–Trinajstić information content (AvgIpc) is 3.40. The van der Waals surface area contributed by atoms with Crippen molar-refractivity contribution in [3.8, 4) is 0 Å². The van der Waals surface area contributed by atoms with Gasteiger partial charge in [-0.3, -0.25) is 9.59 Å². The summed E-state index contributed by atoms with van der Waals surface area (Å²) in [4.78, 5) is 34.2. The Morgan fingerprint density at radius 3 is 2.61 bits per heavy atom. The van der Waals surface area contributed by atoms with Crippen molar-refractivity contribution >= 4 is 40.3 Å². The van der Waals surface area contributed by atoms with E-state index in [1.807, 2.05) is 56.8 Å². The standard InChI is InChI=1S/C23H24N4O3S/c28-21(26-10-9-17-5-1-3-7-19(17)26)15-27-20-8-4-2-6-18(20)24-23(27)31-16-22(29)25-11-13-30-14-12-25/h1-8H,9-16H2. The van der Waals surface area contributed by atoms with Crippen LogP contribution in [0.5, 0.6) is 0 Å². The molecule has 2 aliphatic heterocycles. The third-order valence-corrected chi connectivity index (χ3v) is 6.75. The van der Waals surface area contributed by atoms with Crippen molar-refractivity contribution in [1.82, 2.24) is 14.5 Å². The van der Waals surface area contributed by atoms with Crippen LogP contribution in [0.2, 0.25) is 0 Å². The van der Waals surface area contributed by atoms with Gasteiger partial charge in [-0.1, -0.05) is 42.1 Å². The molecule has 0 unspecified atom stereocenters. The lowest BCUT2D eigenvalue weighted by atomic mass is 10.2. The number of hydrogen-bond donors (Lipinski definition) is 0. The molecule has 1 fully saturated rings. The minimum absolute atomic E-state index is 0.0365. The largest absolute Gasteiger partial charge is 0.378 e. The van der Waals surface area contributed by atoms with Gasteiger partial charge in [0.1, 0.15) is 6.54 Å². The molecule has 5 rings (SSSR count). The minimum Gasteiger partial charge on any atom is -0.378 e. The lowest BCUT2D eigenvalue weighted by Crippen LogP contribution is -2.41. The maximum absolute atomic E-state index is 13.2. The predicted molar refractivity (Wildman–Crippen MR) is 120 cm³/mol. The molecule has 0 saturated carbocycles. The Morgan fingerprint density at radius 1 is 0.968 bits per heavy atom. The summed E-state index contributed by atoms with van der Waals surface area (Å²) in [5.74, 6) is 0.408. The molecule has 0 spiro atoms. The fraction of sp³-hybridized carbons (Fsp3) is 0.348. The Bertz CT molecular complexity index is 1120. The van der Waals surface area contributed by atoms with Gasteiger partial charge in [0.15, 0.2) is 5.16 Å². The first kappa shape index (κ1) is 20.1. The second kappa shape index (κ2) is 8.72. The van der Waals surface area contributed by atoms with Crippen molar-refractivity contribution in [1.29, 1.82) is 0 Å². The Hall–Kier alpha value is -2.84. The number of fused-ring (bicyclic) bond motifs is 2. The van der Waals surface area contributed by atoms with Crippen LogP contribution < -0.4 is 4.90 Å². The second-order valence-corrected chi connectivity index (χ2v) is 8.62. The van der Waals surface area contributed by atoms with Crippen LogP contribution in [0.25, 0.3) is 11.0 Å². The lowest BCUT2D eigenvalue weighted by Gasteiger charge is -2.26. The van der Waals surface area contributed by atoms with Crippen molar-refractivity contribution in [3.63, 3.8) is 0 Å². The van der Waals surface area contributed by atoms with Crippen LogP contribution >= 0.6 is 11.8 Å². The number of morpholine rings is 1. The van der Waals surface area contributed by atoms with Crippen LogP contribution in [0.3, 0.4) is 0 Å². The fourth-order valence-corrected chi connectivity index (χ4v) is 5.08. The van der Waals surface area contributed by atoms with E-state index in [9.17, 15) is 9.59 Å². The van der Waals surface area contributed by atoms with E-state index < -0.39 is 0 Å². The maximum atomic E-state index is 13.2. The topological polar surface area (TPSA) is 67.7 Å². The van der Waals surface area contributed by atoms with Crippen LogP contribution in [-0.4, -0.2) is 64.9 Å². The molecule has 0 radical (unpaired) electrons. The molecule has 0 N–H and O–H groups in total. The quantitative estimate of drug-likeness (QED) is 0.575. The molecule has 0 aliphatic carbocycles. The second-order valence-electron chi connectivity index (χ2n) is 7.68. The molecule has 7 nitrogen and oxygen atoms in total. The summed E-state index contributed by atoms with van der Waals surface area (Å²) in [7, 11) is 0. The lowest BCUT2D eigenvalue weighted by molar-refractivity contribution is -0.132. The van der Waals surface area contributed by atoms with Gasteiger partial charge in [0.05, 0.1) is 30.0 Å². The normalized spacial score (nSPS) is 16.0. The molecule has 2 aromatic carbocycles. The summed E-state index contributed by atoms with van der Waals surface area (Å²) in [6.45, 7) is 3.32. The van der Waals surface area contributed by atoms with Crippen molar-refractivity contribution < 1.29 is 14.3 Å². The fourth-order valence-electron chi connectivity index (χ4n) is 4.16. The van der Waals surface area contributed by atoms with Gasteiger partial charge in [0.25, 0.3) is 0 Å². The first-order valence-corrected chi connectivity index (χ1v) is 11.5. The summed E-state index contributed by atoms with van der Waals surface area (Å²) in [5, 5.41) is 0.698. The number of carbonyl (C=O) groups excluding carboxylic acids is 2. The molecular formula is C23H24N4O3S. The van der Waals surface area contributed by atoms with E-state index in [1.165, 1.54) is 17.3 Å². The maximum Gasteiger partial charge on any atom is 0.247 e. The van der Waals surface area contributed by atoms with E-state index in [-0.39, 0.29) is 18.4 Å². The van der Waals surface area contributed by atoms with E-state index in [0.29, 0.717) is 43.8 Å². The van der Waals surface area contributed by atoms with Gasteiger partial charge in [-0.2, -0.15) is 0 Å². The van der Waals surface area contributed by atoms with Crippen LogP contribution in [-0.2, 0) is 27.3 Å². The highest BCUT2D eigenvalue weighted by Crippen LogP contribution is 2.29. The number of anilines is 1. The number of thioether (sulfide) groups is 1. The number of imidazole rings is 1. The highest BCUT2D eigenvalue weighted by Gasteiger charge is 2.26. The number of carbonyl (C=O) groups is 2. The predicted octanol–water partition coefficient (Wildman–Crippen LogP) is 2.58. The third-order valence-electron chi connectivity index (χ3n) is 5.79. The van der Waals surface area contributed by atoms with Gasteiger partial charge in [-0.15, -0.1) is 0 Å². The number of nitrogens with zero attached hydrogens (tertiary/aromatic N) is 4. The van der Waals surface area contributed by atoms with Crippen LogP contribution in [0.4, 0.5) is 5.69 Å². The molecule has 0 atom stereocenters. The zero-order valence-corrected chi connectivity index (χ0v) is 18.0. The number of amides is 2. The number of para-hydroxylation sites is 3. The molecule has 0 bridgehead atoms. The Kier molecular flexibility index (Phi) is 5.65. The van der Waals surface area contributed by atoms with E-state index in [2.05, 4.69) is 6.07 Å². The number of aromatic nitrogens is 2. The summed E-state index contributed by atoms with van der Waals surface area (Å²) in [6.07, 6.45) is 0.877. The first-order valence-electron chi connectivity index (χ1n) is 10.5. The van der Waals surface area contributed by atoms with Crippen molar-refractivity contribution in [2.75, 3.05) is 43.5 Å². The van der Waals surface area contributed by atoms with Crippen molar-refractivity contribution in [3.05, 3.63) is 54.1 Å². The van der Waals surface area contributed by atoms with Crippen LogP contribution in [0.15, 0.2) is 53.7 Å². The van der Waals surface area contributed by atoms with Crippen LogP contribution in [0.1, 0.15) is 5.56 Å². The number of ether oxygens (including phenoxy) is 1. The van der Waals surface area contributed by atoms with Gasteiger partial charge in [0, 0.05) is 25.3 Å². The molecular weight excluding hydrogens is 412 g/mol. The SMILES string of the molecule is O=C(CSc1nc2ccccc2n1CC(=O)N1CCc2ccccc21)N1CCOCC1. The van der Waals surface area contributed by atoms with Gasteiger partial charge in [-0.05, 0) is 30.2 Å². The van der Waals surface area contributed by atoms with Crippen molar-refractivity contribution in [2.24, 2.45) is 0 Å². The third kappa shape index (κ3) is 4.05. The molecule has 2 aliphatic rings. The molecule has 160 valence electrons. The Morgan fingerprint density at radius 2 is 1.74 bits per heavy atom. The van der Waals surface area contributed by atoms with E-state index in [1.54, 1.807) is 0 Å². The monoisotopic (exact) mass is 436 g/mol. The number of rotatable bonds is 5. The molecule has 31 heavy (non-hydrogen) atoms. The molecule has 1 aromatic heterocycles. The Balaban J connectivity index is 1.36. The highest BCUT2D eigenvalue weighted by atomic mass is 32.2. The summed E-state index contributed by atoms with van der Waals surface area (Å²) in [6, 6.07) is 15.9. The molecule has 1 saturated heterocycles. The zero-order valence-electron chi connectivity index (χ0n) is 17.2. The molecule has 3 aromatic rings. The summed E-state index contributed by atoms with van der Waals surface area (Å²) >= 11 is 1.39. The first-order chi connectivity index (χ1) is 15.2. The summed E-state index contributed by atoms with van der Waals surface area (Å²) < 4.78 is 7.27. The van der Waals surface area contributed by atoms with Gasteiger partial charge < -0.3 is 19.1 Å². The van der Waals surface area contributed by atoms with Crippen molar-refractivity contribution in [2.45, 2.75) is 18.1 Å². The summed E-state index contributed by atoms with van der Waals surface area (Å²) in [5.41, 5.74) is 3.94. The minimum atomic E-state index is 0.0365. The molecule has 3 heterocycles. The van der Waals surface area contributed by atoms with E-state index in [0.717, 1.165) is 23.1 Å². The van der Waals surface area contributed by atoms with Gasteiger partial charge in [-0.25, -0.2) is 4.98 Å². The molecule has 8 heteroatoms. The number of benzene rings is 2.